The quantitative estimate of drug-likeness (QED) is 0.345. The maximum absolute atomic E-state index is 9.28. The lowest BCUT2D eigenvalue weighted by Gasteiger charge is -2.31. The molecule has 2 atom stereocenters. The molecule has 0 aliphatic heterocycles. The average molecular weight is 274 g/mol. The summed E-state index contributed by atoms with van der Waals surface area (Å²) in [6, 6.07) is 0. The van der Waals surface area contributed by atoms with E-state index in [1.807, 2.05) is 6.08 Å². The largest absolute Gasteiger partial charge is 0.393 e. The third kappa shape index (κ3) is 9.16. The van der Waals surface area contributed by atoms with E-state index in [4.69, 9.17) is 14.6 Å². The van der Waals surface area contributed by atoms with Crippen molar-refractivity contribution in [3.8, 4) is 0 Å². The summed E-state index contributed by atoms with van der Waals surface area (Å²) >= 11 is 0. The van der Waals surface area contributed by atoms with Gasteiger partial charge in [0.1, 0.15) is 0 Å². The minimum absolute atomic E-state index is 0.277. The summed E-state index contributed by atoms with van der Waals surface area (Å²) in [5, 5.41) is 18.4. The van der Waals surface area contributed by atoms with Crippen LogP contribution in [0.25, 0.3) is 0 Å². The van der Waals surface area contributed by atoms with Crippen molar-refractivity contribution in [2.75, 3.05) is 14.2 Å². The van der Waals surface area contributed by atoms with E-state index in [2.05, 4.69) is 0 Å². The van der Waals surface area contributed by atoms with Crippen molar-refractivity contribution in [1.29, 1.82) is 0 Å². The first-order chi connectivity index (χ1) is 8.95. The number of unbranched alkanes of at least 4 members (excludes halogenated alkanes) is 1. The lowest BCUT2D eigenvalue weighted by Crippen LogP contribution is -2.33. The van der Waals surface area contributed by atoms with Gasteiger partial charge in [0.25, 0.3) is 0 Å². The van der Waals surface area contributed by atoms with Gasteiger partial charge in [0.05, 0.1) is 12.2 Å². The molecule has 0 spiro atoms. The number of hydrogen-bond acceptors (Lipinski definition) is 4. The average Bonchev–Trinajstić information content (AvgIpc) is 2.35. The fourth-order valence-corrected chi connectivity index (χ4v) is 2.07. The molecule has 0 aromatic carbocycles. The van der Waals surface area contributed by atoms with Gasteiger partial charge in [-0.3, -0.25) is 0 Å². The molecule has 0 saturated heterocycles. The van der Waals surface area contributed by atoms with Crippen molar-refractivity contribution >= 4 is 0 Å². The lowest BCUT2D eigenvalue weighted by atomic mass is 10.0. The number of ether oxygens (including phenoxy) is 2. The number of aliphatic hydroxyl groups excluding tert-OH is 2. The van der Waals surface area contributed by atoms with Crippen molar-refractivity contribution in [3.05, 3.63) is 12.2 Å². The van der Waals surface area contributed by atoms with E-state index in [0.29, 0.717) is 0 Å². The smallest absolute Gasteiger partial charge is 0.167 e. The van der Waals surface area contributed by atoms with Crippen molar-refractivity contribution < 1.29 is 19.7 Å². The zero-order valence-corrected chi connectivity index (χ0v) is 12.8. The van der Waals surface area contributed by atoms with E-state index >= 15 is 0 Å². The van der Waals surface area contributed by atoms with Gasteiger partial charge in [-0.05, 0) is 39.5 Å². The zero-order chi connectivity index (χ0) is 14.7. The van der Waals surface area contributed by atoms with Gasteiger partial charge < -0.3 is 19.7 Å². The standard InChI is InChI=1S/C15H30O4/c1-13(16)9-6-5-7-11-15(18-3,19-4)12-8-10-14(2)17/h6,9,13-14,16-17H,5,7-8,10-12H2,1-4H3/b9-6+/t13?,14-/m0/s1. The molecule has 0 aliphatic carbocycles. The molecule has 0 bridgehead atoms. The van der Waals surface area contributed by atoms with Gasteiger partial charge in [-0.25, -0.2) is 0 Å². The molecule has 0 fully saturated rings. The molecule has 4 heteroatoms. The van der Waals surface area contributed by atoms with Crippen molar-refractivity contribution in [1.82, 2.24) is 0 Å². The maximum atomic E-state index is 9.28. The summed E-state index contributed by atoms with van der Waals surface area (Å²) in [4.78, 5) is 0. The normalized spacial score (nSPS) is 15.9. The molecule has 114 valence electrons. The van der Waals surface area contributed by atoms with Crippen LogP contribution in [0.15, 0.2) is 12.2 Å². The number of hydrogen-bond donors (Lipinski definition) is 2. The van der Waals surface area contributed by atoms with Crippen LogP contribution in [0.4, 0.5) is 0 Å². The second kappa shape index (κ2) is 10.4. The Morgan fingerprint density at radius 3 is 2.11 bits per heavy atom. The highest BCUT2D eigenvalue weighted by Gasteiger charge is 2.28. The maximum Gasteiger partial charge on any atom is 0.167 e. The molecule has 2 N–H and O–H groups in total. The van der Waals surface area contributed by atoms with E-state index in [9.17, 15) is 5.11 Å². The number of allylic oxidation sites excluding steroid dienone is 1. The Labute approximate surface area is 117 Å². The van der Waals surface area contributed by atoms with Gasteiger partial charge >= 0.3 is 0 Å². The van der Waals surface area contributed by atoms with Crippen molar-refractivity contribution in [2.24, 2.45) is 0 Å². The Kier molecular flexibility index (Phi) is 10.1. The van der Waals surface area contributed by atoms with Gasteiger partial charge in [-0.2, -0.15) is 0 Å². The number of rotatable bonds is 11. The first-order valence-corrected chi connectivity index (χ1v) is 7.09. The van der Waals surface area contributed by atoms with Gasteiger partial charge in [-0.1, -0.05) is 12.2 Å². The summed E-state index contributed by atoms with van der Waals surface area (Å²) in [7, 11) is 3.33. The van der Waals surface area contributed by atoms with Crippen LogP contribution in [0.1, 0.15) is 52.4 Å². The van der Waals surface area contributed by atoms with Crippen LogP contribution in [-0.4, -0.2) is 42.4 Å². The van der Waals surface area contributed by atoms with Crippen molar-refractivity contribution in [2.45, 2.75) is 70.4 Å². The molecule has 0 aliphatic rings. The molecule has 0 aromatic rings. The molecule has 0 aromatic heterocycles. The van der Waals surface area contributed by atoms with Gasteiger partial charge in [0.15, 0.2) is 5.79 Å². The van der Waals surface area contributed by atoms with Gasteiger partial charge in [0.2, 0.25) is 0 Å². The molecule has 0 amide bonds. The van der Waals surface area contributed by atoms with Crippen LogP contribution in [0.3, 0.4) is 0 Å². The van der Waals surface area contributed by atoms with Crippen LogP contribution in [-0.2, 0) is 9.47 Å². The summed E-state index contributed by atoms with van der Waals surface area (Å²) in [5.74, 6) is -0.548. The van der Waals surface area contributed by atoms with Gasteiger partial charge in [0, 0.05) is 27.1 Å². The molecular formula is C15H30O4. The minimum Gasteiger partial charge on any atom is -0.393 e. The van der Waals surface area contributed by atoms with Crippen LogP contribution < -0.4 is 0 Å². The molecule has 19 heavy (non-hydrogen) atoms. The van der Waals surface area contributed by atoms with E-state index in [1.165, 1.54) is 0 Å². The first-order valence-electron chi connectivity index (χ1n) is 7.09. The van der Waals surface area contributed by atoms with E-state index in [1.54, 1.807) is 34.1 Å². The third-order valence-electron chi connectivity index (χ3n) is 3.27. The van der Waals surface area contributed by atoms with Crippen LogP contribution in [0.2, 0.25) is 0 Å². The highest BCUT2D eigenvalue weighted by molar-refractivity contribution is 4.86. The Balaban J connectivity index is 4.07. The van der Waals surface area contributed by atoms with Crippen LogP contribution >= 0.6 is 0 Å². The van der Waals surface area contributed by atoms with E-state index in [0.717, 1.165) is 38.5 Å². The predicted molar refractivity (Wildman–Crippen MR) is 77.0 cm³/mol. The molecule has 0 radical (unpaired) electrons. The second-order valence-corrected chi connectivity index (χ2v) is 5.12. The summed E-state index contributed by atoms with van der Waals surface area (Å²) in [5.41, 5.74) is 0. The Morgan fingerprint density at radius 1 is 1.05 bits per heavy atom. The number of methoxy groups -OCH3 is 2. The molecule has 0 saturated carbocycles. The molecule has 1 unspecified atom stereocenters. The number of aliphatic hydroxyl groups is 2. The first kappa shape index (κ1) is 18.6. The monoisotopic (exact) mass is 274 g/mol. The SMILES string of the molecule is COC(CCC/C=C/C(C)O)(CCC[C@H](C)O)OC. The highest BCUT2D eigenvalue weighted by Crippen LogP contribution is 2.26. The van der Waals surface area contributed by atoms with Crippen LogP contribution in [0, 0.1) is 0 Å². The molecular weight excluding hydrogens is 244 g/mol. The highest BCUT2D eigenvalue weighted by atomic mass is 16.7. The predicted octanol–water partition coefficient (Wildman–Crippen LogP) is 2.63. The van der Waals surface area contributed by atoms with E-state index < -0.39 is 5.79 Å². The summed E-state index contributed by atoms with van der Waals surface area (Å²) < 4.78 is 11.0. The molecule has 0 heterocycles. The van der Waals surface area contributed by atoms with Gasteiger partial charge in [-0.15, -0.1) is 0 Å². The van der Waals surface area contributed by atoms with Crippen molar-refractivity contribution in [3.63, 3.8) is 0 Å². The minimum atomic E-state index is -0.548. The Morgan fingerprint density at radius 2 is 1.63 bits per heavy atom. The third-order valence-corrected chi connectivity index (χ3v) is 3.27. The fraction of sp³-hybridized carbons (Fsp3) is 0.867. The van der Waals surface area contributed by atoms with Crippen LogP contribution in [0.5, 0.6) is 0 Å². The zero-order valence-electron chi connectivity index (χ0n) is 12.8. The topological polar surface area (TPSA) is 58.9 Å². The molecule has 0 rings (SSSR count). The summed E-state index contributed by atoms with van der Waals surface area (Å²) in [6.07, 6.45) is 8.18. The second-order valence-electron chi connectivity index (χ2n) is 5.12. The lowest BCUT2D eigenvalue weighted by molar-refractivity contribution is -0.216. The fourth-order valence-electron chi connectivity index (χ4n) is 2.07. The summed E-state index contributed by atoms with van der Waals surface area (Å²) in [6.45, 7) is 3.53. The van der Waals surface area contributed by atoms with E-state index in [-0.39, 0.29) is 12.2 Å². The Bertz CT molecular complexity index is 232. The Hall–Kier alpha value is -0.420. The molecule has 4 nitrogen and oxygen atoms in total.